The monoisotopic (exact) mass is 309 g/mol. The number of ether oxygens (including phenoxy) is 1. The smallest absolute Gasteiger partial charge is 0.326 e. The van der Waals surface area contributed by atoms with Crippen LogP contribution in [0.25, 0.3) is 0 Å². The van der Waals surface area contributed by atoms with Crippen molar-refractivity contribution in [3.8, 4) is 0 Å². The second-order valence-electron chi connectivity index (χ2n) is 5.27. The van der Waals surface area contributed by atoms with Crippen molar-refractivity contribution in [1.29, 1.82) is 0 Å². The number of carbonyl (C=O) groups is 3. The lowest BCUT2D eigenvalue weighted by Crippen LogP contribution is -2.45. The van der Waals surface area contributed by atoms with Crippen LogP contribution in [0.2, 0.25) is 0 Å². The van der Waals surface area contributed by atoms with E-state index in [0.717, 1.165) is 10.5 Å². The number of imide groups is 1. The summed E-state index contributed by atoms with van der Waals surface area (Å²) < 4.78 is 5.13. The normalized spacial score (nSPS) is 13.7. The van der Waals surface area contributed by atoms with Gasteiger partial charge in [0.05, 0.1) is 6.42 Å². The number of rotatable bonds is 4. The van der Waals surface area contributed by atoms with E-state index in [-0.39, 0.29) is 25.5 Å². The second-order valence-corrected chi connectivity index (χ2v) is 5.27. The summed E-state index contributed by atoms with van der Waals surface area (Å²) in [4.78, 5) is 37.3. The molecule has 2 aromatic rings. The van der Waals surface area contributed by atoms with E-state index in [1.165, 1.54) is 0 Å². The van der Waals surface area contributed by atoms with E-state index in [0.29, 0.717) is 11.1 Å². The zero-order chi connectivity index (χ0) is 16.2. The van der Waals surface area contributed by atoms with Crippen molar-refractivity contribution in [2.45, 2.75) is 13.0 Å². The predicted molar refractivity (Wildman–Crippen MR) is 82.4 cm³/mol. The zero-order valence-corrected chi connectivity index (χ0v) is 12.4. The maximum Gasteiger partial charge on any atom is 0.326 e. The first-order valence-electron chi connectivity index (χ1n) is 7.27. The molecule has 0 radical (unpaired) electrons. The van der Waals surface area contributed by atoms with Gasteiger partial charge in [0.25, 0.3) is 5.91 Å². The molecule has 0 spiro atoms. The largest absolute Gasteiger partial charge is 0.459 e. The minimum Gasteiger partial charge on any atom is -0.459 e. The Labute approximate surface area is 133 Å². The molecular weight excluding hydrogens is 294 g/mol. The summed E-state index contributed by atoms with van der Waals surface area (Å²) in [5, 5.41) is 0. The van der Waals surface area contributed by atoms with Crippen molar-refractivity contribution in [2.75, 3.05) is 6.54 Å². The van der Waals surface area contributed by atoms with Crippen LogP contribution in [0.3, 0.4) is 0 Å². The van der Waals surface area contributed by atoms with Crippen LogP contribution in [0.5, 0.6) is 0 Å². The highest BCUT2D eigenvalue weighted by Gasteiger charge is 2.32. The highest BCUT2D eigenvalue weighted by atomic mass is 16.5. The van der Waals surface area contributed by atoms with Crippen molar-refractivity contribution >= 4 is 17.8 Å². The van der Waals surface area contributed by atoms with E-state index in [1.807, 2.05) is 30.3 Å². The van der Waals surface area contributed by atoms with Gasteiger partial charge < -0.3 is 4.74 Å². The summed E-state index contributed by atoms with van der Waals surface area (Å²) >= 11 is 0. The molecule has 5 heteroatoms. The number of amides is 2. The van der Waals surface area contributed by atoms with Gasteiger partial charge in [-0.25, -0.2) is 0 Å². The number of nitrogens with zero attached hydrogens (tertiary/aromatic N) is 1. The van der Waals surface area contributed by atoms with E-state index in [2.05, 4.69) is 0 Å². The van der Waals surface area contributed by atoms with Crippen LogP contribution >= 0.6 is 0 Å². The second kappa shape index (κ2) is 6.44. The highest BCUT2D eigenvalue weighted by molar-refractivity contribution is 6.11. The topological polar surface area (TPSA) is 63.7 Å². The van der Waals surface area contributed by atoms with Crippen LogP contribution in [0.15, 0.2) is 54.6 Å². The third-order valence-corrected chi connectivity index (χ3v) is 3.67. The maximum absolute atomic E-state index is 12.3. The molecule has 0 atom stereocenters. The van der Waals surface area contributed by atoms with Gasteiger partial charge in [0.2, 0.25) is 5.91 Å². The molecule has 0 unspecified atom stereocenters. The van der Waals surface area contributed by atoms with Crippen molar-refractivity contribution in [1.82, 2.24) is 4.90 Å². The van der Waals surface area contributed by atoms with E-state index in [4.69, 9.17) is 4.74 Å². The Bertz CT molecular complexity index is 755. The molecule has 1 aliphatic heterocycles. The Morgan fingerprint density at radius 3 is 2.48 bits per heavy atom. The fourth-order valence-electron chi connectivity index (χ4n) is 2.47. The van der Waals surface area contributed by atoms with E-state index >= 15 is 0 Å². The molecule has 0 aliphatic carbocycles. The van der Waals surface area contributed by atoms with E-state index in [9.17, 15) is 14.4 Å². The van der Waals surface area contributed by atoms with Crippen molar-refractivity contribution in [3.05, 3.63) is 71.3 Å². The first-order chi connectivity index (χ1) is 11.1. The third kappa shape index (κ3) is 3.29. The Hall–Kier alpha value is -2.95. The quantitative estimate of drug-likeness (QED) is 0.640. The van der Waals surface area contributed by atoms with E-state index < -0.39 is 11.9 Å². The molecule has 2 aromatic carbocycles. The van der Waals surface area contributed by atoms with E-state index in [1.54, 1.807) is 24.3 Å². The molecule has 0 fully saturated rings. The molecule has 5 nitrogen and oxygen atoms in total. The molecular formula is C18H15NO4. The Morgan fingerprint density at radius 2 is 1.70 bits per heavy atom. The first kappa shape index (κ1) is 15.0. The van der Waals surface area contributed by atoms with Gasteiger partial charge >= 0.3 is 5.97 Å². The minimum absolute atomic E-state index is 0.118. The Kier molecular flexibility index (Phi) is 4.19. The molecule has 116 valence electrons. The number of hydrogen-bond donors (Lipinski definition) is 0. The van der Waals surface area contributed by atoms with Crippen LogP contribution in [-0.4, -0.2) is 29.2 Å². The standard InChI is InChI=1S/C18H15NO4/c20-16-10-14-8-4-5-9-15(14)18(22)19(16)11-17(21)23-12-13-6-2-1-3-7-13/h1-9H,10-12H2. The summed E-state index contributed by atoms with van der Waals surface area (Å²) in [6.07, 6.45) is 0.119. The summed E-state index contributed by atoms with van der Waals surface area (Å²) in [6.45, 7) is -0.245. The molecule has 1 aliphatic rings. The molecule has 0 aromatic heterocycles. The molecule has 3 rings (SSSR count). The van der Waals surface area contributed by atoms with Crippen molar-refractivity contribution < 1.29 is 19.1 Å². The number of carbonyl (C=O) groups excluding carboxylic acids is 3. The summed E-state index contributed by atoms with van der Waals surface area (Å²) in [6, 6.07) is 16.1. The number of fused-ring (bicyclic) bond motifs is 1. The molecule has 23 heavy (non-hydrogen) atoms. The third-order valence-electron chi connectivity index (χ3n) is 3.67. The van der Waals surface area contributed by atoms with Gasteiger partial charge in [-0.05, 0) is 17.2 Å². The lowest BCUT2D eigenvalue weighted by atomic mass is 9.98. The van der Waals surface area contributed by atoms with Gasteiger partial charge in [0.15, 0.2) is 0 Å². The number of hydrogen-bond acceptors (Lipinski definition) is 4. The van der Waals surface area contributed by atoms with Crippen LogP contribution in [0.1, 0.15) is 21.5 Å². The van der Waals surface area contributed by atoms with Gasteiger partial charge in [0, 0.05) is 5.56 Å². The zero-order valence-electron chi connectivity index (χ0n) is 12.4. The molecule has 1 heterocycles. The van der Waals surface area contributed by atoms with Gasteiger partial charge in [-0.2, -0.15) is 0 Å². The van der Waals surface area contributed by atoms with Gasteiger partial charge in [-0.15, -0.1) is 0 Å². The SMILES string of the molecule is O=C(CN1C(=O)Cc2ccccc2C1=O)OCc1ccccc1. The Morgan fingerprint density at radius 1 is 1.00 bits per heavy atom. The fraction of sp³-hybridized carbons (Fsp3) is 0.167. The minimum atomic E-state index is -0.602. The maximum atomic E-state index is 12.3. The molecule has 0 bridgehead atoms. The number of esters is 1. The summed E-state index contributed by atoms with van der Waals surface area (Å²) in [7, 11) is 0. The highest BCUT2D eigenvalue weighted by Crippen LogP contribution is 2.19. The lowest BCUT2D eigenvalue weighted by molar-refractivity contribution is -0.149. The number of benzene rings is 2. The molecule has 0 N–H and O–H groups in total. The summed E-state index contributed by atoms with van der Waals surface area (Å²) in [5.74, 6) is -1.44. The van der Waals surface area contributed by atoms with Crippen LogP contribution < -0.4 is 0 Å². The summed E-state index contributed by atoms with van der Waals surface area (Å²) in [5.41, 5.74) is 2.00. The van der Waals surface area contributed by atoms with Crippen LogP contribution in [-0.2, 0) is 27.4 Å². The first-order valence-corrected chi connectivity index (χ1v) is 7.27. The van der Waals surface area contributed by atoms with Crippen LogP contribution in [0, 0.1) is 0 Å². The van der Waals surface area contributed by atoms with Gasteiger partial charge in [-0.1, -0.05) is 48.5 Å². The lowest BCUT2D eigenvalue weighted by Gasteiger charge is -2.25. The fourth-order valence-corrected chi connectivity index (χ4v) is 2.47. The average molecular weight is 309 g/mol. The van der Waals surface area contributed by atoms with Gasteiger partial charge in [0.1, 0.15) is 13.2 Å². The predicted octanol–water partition coefficient (Wildman–Crippen LogP) is 1.95. The Balaban J connectivity index is 1.64. The molecule has 2 amide bonds. The molecule has 0 saturated carbocycles. The van der Waals surface area contributed by atoms with Crippen molar-refractivity contribution in [2.24, 2.45) is 0 Å². The van der Waals surface area contributed by atoms with Crippen molar-refractivity contribution in [3.63, 3.8) is 0 Å². The van der Waals surface area contributed by atoms with Gasteiger partial charge in [-0.3, -0.25) is 19.3 Å². The average Bonchev–Trinajstić information content (AvgIpc) is 2.58. The molecule has 0 saturated heterocycles. The van der Waals surface area contributed by atoms with Crippen LogP contribution in [0.4, 0.5) is 0 Å².